The van der Waals surface area contributed by atoms with E-state index in [0.29, 0.717) is 0 Å². The van der Waals surface area contributed by atoms with Crippen molar-refractivity contribution in [3.63, 3.8) is 0 Å². The second kappa shape index (κ2) is 4.34. The lowest BCUT2D eigenvalue weighted by atomic mass is 9.94. The maximum Gasteiger partial charge on any atom is 0.111 e. The molecule has 0 aromatic carbocycles. The predicted octanol–water partition coefficient (Wildman–Crippen LogP) is -1.76. The van der Waals surface area contributed by atoms with Gasteiger partial charge in [0.1, 0.15) is 18.3 Å². The first-order valence-corrected chi connectivity index (χ1v) is 4.38. The first kappa shape index (κ1) is 10.9. The van der Waals surface area contributed by atoms with Crippen LogP contribution in [0, 0.1) is 0 Å². The number of hydrogen-bond donors (Lipinski definition) is 4. The molecule has 5 heteroatoms. The minimum atomic E-state index is -1.19. The third-order valence-corrected chi connectivity index (χ3v) is 2.36. The zero-order chi connectivity index (χ0) is 10.0. The van der Waals surface area contributed by atoms with Crippen molar-refractivity contribution in [2.75, 3.05) is 6.61 Å². The van der Waals surface area contributed by atoms with E-state index < -0.39 is 30.5 Å². The molecule has 1 heterocycles. The molecule has 1 aliphatic heterocycles. The van der Waals surface area contributed by atoms with E-state index in [0.717, 1.165) is 0 Å². The molecule has 0 bridgehead atoms. The van der Waals surface area contributed by atoms with Crippen LogP contribution in [0.4, 0.5) is 0 Å². The van der Waals surface area contributed by atoms with Crippen molar-refractivity contribution in [3.8, 4) is 0 Å². The van der Waals surface area contributed by atoms with Gasteiger partial charge in [0, 0.05) is 6.61 Å². The van der Waals surface area contributed by atoms with Crippen LogP contribution in [0.1, 0.15) is 13.3 Å². The molecule has 0 aromatic rings. The Kier molecular flexibility index (Phi) is 3.63. The minimum absolute atomic E-state index is 0.114. The van der Waals surface area contributed by atoms with Gasteiger partial charge < -0.3 is 25.2 Å². The number of ether oxygens (including phenoxy) is 1. The summed E-state index contributed by atoms with van der Waals surface area (Å²) in [6, 6.07) is 0. The second-order valence-corrected chi connectivity index (χ2v) is 3.36. The lowest BCUT2D eigenvalue weighted by Crippen LogP contribution is -2.56. The molecule has 1 unspecified atom stereocenters. The van der Waals surface area contributed by atoms with E-state index in [9.17, 15) is 15.3 Å². The van der Waals surface area contributed by atoms with Gasteiger partial charge in [0.05, 0.1) is 12.2 Å². The molecule has 0 aliphatic carbocycles. The van der Waals surface area contributed by atoms with Crippen LogP contribution >= 0.6 is 0 Å². The molecule has 1 aliphatic rings. The van der Waals surface area contributed by atoms with Crippen molar-refractivity contribution in [1.29, 1.82) is 0 Å². The fraction of sp³-hybridized carbons (Fsp3) is 1.00. The zero-order valence-electron chi connectivity index (χ0n) is 7.50. The summed E-state index contributed by atoms with van der Waals surface area (Å²) in [5.74, 6) is 0. The molecular weight excluding hydrogens is 176 g/mol. The van der Waals surface area contributed by atoms with Crippen molar-refractivity contribution in [2.45, 2.75) is 43.9 Å². The molecule has 0 aromatic heterocycles. The summed E-state index contributed by atoms with van der Waals surface area (Å²) >= 11 is 0. The highest BCUT2D eigenvalue weighted by atomic mass is 16.5. The Morgan fingerprint density at radius 2 is 1.69 bits per heavy atom. The standard InChI is InChI=1S/C8H16O5/c1-4-6(10)8(12)7(11)5(13-4)2-3-9/h4-12H,2-3H2,1H3/t4?,5-,6-,7-,8-/m1/s1. The Balaban J connectivity index is 2.59. The van der Waals surface area contributed by atoms with E-state index in [-0.39, 0.29) is 13.0 Å². The van der Waals surface area contributed by atoms with Crippen LogP contribution in [-0.4, -0.2) is 57.6 Å². The monoisotopic (exact) mass is 192 g/mol. The van der Waals surface area contributed by atoms with Gasteiger partial charge in [-0.2, -0.15) is 0 Å². The summed E-state index contributed by atoms with van der Waals surface area (Å²) < 4.78 is 5.20. The first-order valence-electron chi connectivity index (χ1n) is 4.38. The highest BCUT2D eigenvalue weighted by molar-refractivity contribution is 4.90. The van der Waals surface area contributed by atoms with Crippen LogP contribution in [-0.2, 0) is 4.74 Å². The molecule has 0 amide bonds. The average Bonchev–Trinajstić information content (AvgIpc) is 2.11. The van der Waals surface area contributed by atoms with E-state index >= 15 is 0 Å². The second-order valence-electron chi connectivity index (χ2n) is 3.36. The van der Waals surface area contributed by atoms with Crippen LogP contribution in [0.15, 0.2) is 0 Å². The van der Waals surface area contributed by atoms with Gasteiger partial charge in [-0.15, -0.1) is 0 Å². The van der Waals surface area contributed by atoms with Gasteiger partial charge in [-0.1, -0.05) is 0 Å². The highest BCUT2D eigenvalue weighted by Crippen LogP contribution is 2.22. The summed E-state index contributed by atoms with van der Waals surface area (Å²) in [6.45, 7) is 1.50. The van der Waals surface area contributed by atoms with Crippen LogP contribution in [0.2, 0.25) is 0 Å². The summed E-state index contributed by atoms with van der Waals surface area (Å²) in [7, 11) is 0. The SMILES string of the molecule is CC1O[C@H](CCO)[C@@H](O)[C@H](O)[C@@H]1O. The molecule has 0 radical (unpaired) electrons. The van der Waals surface area contributed by atoms with Crippen LogP contribution in [0.25, 0.3) is 0 Å². The predicted molar refractivity (Wildman–Crippen MR) is 44.1 cm³/mol. The summed E-state index contributed by atoms with van der Waals surface area (Å²) in [5, 5.41) is 36.7. The van der Waals surface area contributed by atoms with Crippen LogP contribution in [0.5, 0.6) is 0 Å². The van der Waals surface area contributed by atoms with Gasteiger partial charge in [0.15, 0.2) is 0 Å². The third kappa shape index (κ3) is 2.18. The zero-order valence-corrected chi connectivity index (χ0v) is 7.50. The quantitative estimate of drug-likeness (QED) is 0.416. The molecule has 1 rings (SSSR count). The van der Waals surface area contributed by atoms with Crippen LogP contribution in [0.3, 0.4) is 0 Å². The maximum atomic E-state index is 9.41. The van der Waals surface area contributed by atoms with Gasteiger partial charge in [-0.05, 0) is 13.3 Å². The number of hydrogen-bond acceptors (Lipinski definition) is 5. The van der Waals surface area contributed by atoms with E-state index in [4.69, 9.17) is 9.84 Å². The topological polar surface area (TPSA) is 90.2 Å². The molecular formula is C8H16O5. The highest BCUT2D eigenvalue weighted by Gasteiger charge is 2.41. The van der Waals surface area contributed by atoms with Crippen molar-refractivity contribution in [2.24, 2.45) is 0 Å². The van der Waals surface area contributed by atoms with Crippen molar-refractivity contribution >= 4 is 0 Å². The molecule has 5 atom stereocenters. The van der Waals surface area contributed by atoms with Gasteiger partial charge in [-0.25, -0.2) is 0 Å². The average molecular weight is 192 g/mol. The molecule has 78 valence electrons. The molecule has 4 N–H and O–H groups in total. The molecule has 1 saturated heterocycles. The first-order chi connectivity index (χ1) is 6.07. The molecule has 1 fully saturated rings. The number of aliphatic hydroxyl groups excluding tert-OH is 4. The third-order valence-electron chi connectivity index (χ3n) is 2.36. The Morgan fingerprint density at radius 1 is 1.08 bits per heavy atom. The summed E-state index contributed by atoms with van der Waals surface area (Å²) in [5.41, 5.74) is 0. The summed E-state index contributed by atoms with van der Waals surface area (Å²) in [6.07, 6.45) is -4.24. The Labute approximate surface area is 76.6 Å². The maximum absolute atomic E-state index is 9.41. The Hall–Kier alpha value is -0.200. The molecule has 0 saturated carbocycles. The van der Waals surface area contributed by atoms with Crippen molar-refractivity contribution in [1.82, 2.24) is 0 Å². The molecule has 13 heavy (non-hydrogen) atoms. The van der Waals surface area contributed by atoms with Gasteiger partial charge in [0.25, 0.3) is 0 Å². The number of aliphatic hydroxyl groups is 4. The normalized spacial score (nSPS) is 46.4. The van der Waals surface area contributed by atoms with E-state index in [1.54, 1.807) is 6.92 Å². The van der Waals surface area contributed by atoms with Crippen molar-refractivity contribution in [3.05, 3.63) is 0 Å². The van der Waals surface area contributed by atoms with Gasteiger partial charge in [-0.3, -0.25) is 0 Å². The lowest BCUT2D eigenvalue weighted by Gasteiger charge is -2.39. The van der Waals surface area contributed by atoms with E-state index in [1.165, 1.54) is 0 Å². The van der Waals surface area contributed by atoms with Gasteiger partial charge in [0.2, 0.25) is 0 Å². The lowest BCUT2D eigenvalue weighted by molar-refractivity contribution is -0.219. The van der Waals surface area contributed by atoms with Gasteiger partial charge >= 0.3 is 0 Å². The number of rotatable bonds is 2. The van der Waals surface area contributed by atoms with Crippen molar-refractivity contribution < 1.29 is 25.2 Å². The fourth-order valence-corrected chi connectivity index (χ4v) is 1.50. The smallest absolute Gasteiger partial charge is 0.111 e. The van der Waals surface area contributed by atoms with Crippen LogP contribution < -0.4 is 0 Å². The summed E-state index contributed by atoms with van der Waals surface area (Å²) in [4.78, 5) is 0. The Morgan fingerprint density at radius 3 is 2.23 bits per heavy atom. The van der Waals surface area contributed by atoms with E-state index in [1.807, 2.05) is 0 Å². The largest absolute Gasteiger partial charge is 0.396 e. The molecule has 5 nitrogen and oxygen atoms in total. The van der Waals surface area contributed by atoms with E-state index in [2.05, 4.69) is 0 Å². The minimum Gasteiger partial charge on any atom is -0.396 e. The fourth-order valence-electron chi connectivity index (χ4n) is 1.50. The Bertz CT molecular complexity index is 163. The molecule has 0 spiro atoms.